The van der Waals surface area contributed by atoms with Gasteiger partial charge in [-0.05, 0) is 15.9 Å². The van der Waals surface area contributed by atoms with Crippen molar-refractivity contribution >= 4 is 39.4 Å². The van der Waals surface area contributed by atoms with Gasteiger partial charge in [0.05, 0.1) is 17.6 Å². The van der Waals surface area contributed by atoms with E-state index >= 15 is 0 Å². The van der Waals surface area contributed by atoms with Crippen molar-refractivity contribution in [1.29, 1.82) is 0 Å². The van der Waals surface area contributed by atoms with Crippen LogP contribution in [0, 0.1) is 0 Å². The third-order valence-electron chi connectivity index (χ3n) is 5.14. The van der Waals surface area contributed by atoms with Gasteiger partial charge in [0.1, 0.15) is 18.3 Å². The number of phosphoric ester groups is 1. The highest BCUT2D eigenvalue weighted by atomic mass is 79.9. The Hall–Kier alpha value is -1.47. The summed E-state index contributed by atoms with van der Waals surface area (Å²) in [4.78, 5) is 61.4. The second-order valence-electron chi connectivity index (χ2n) is 8.06. The number of benzene rings is 1. The molecule has 1 aliphatic rings. The van der Waals surface area contributed by atoms with Gasteiger partial charge in [-0.3, -0.25) is 18.5 Å². The Morgan fingerprint density at radius 3 is 2.15 bits per heavy atom. The molecular formula is C17H20BrF2N2O15P3. The van der Waals surface area contributed by atoms with Crippen LogP contribution in [0.4, 0.5) is 8.78 Å². The van der Waals surface area contributed by atoms with E-state index in [-0.39, 0.29) is 4.57 Å². The van der Waals surface area contributed by atoms with Crippen LogP contribution in [0.1, 0.15) is 11.8 Å². The van der Waals surface area contributed by atoms with E-state index in [1.807, 2.05) is 0 Å². The zero-order valence-electron chi connectivity index (χ0n) is 19.4. The molecule has 0 radical (unpaired) electrons. The number of rotatable bonds is 11. The molecule has 1 aromatic carbocycles. The fraction of sp³-hybridized carbons (Fsp3) is 0.412. The van der Waals surface area contributed by atoms with Crippen LogP contribution in [0.2, 0.25) is 0 Å². The van der Waals surface area contributed by atoms with E-state index in [4.69, 9.17) is 14.5 Å². The molecule has 1 saturated heterocycles. The Bertz CT molecular complexity index is 1500. The molecule has 17 nitrogen and oxygen atoms in total. The SMILES string of the molecule is O=c1c(Br)cn([C@@H]2O[C@H](COP(=O)(O)OP(=O)(O)OP(=O)(O)O)[C@H](O)[C@@H]2O)c(=O)n1CC(F)(F)c1ccccc1. The molecule has 3 rings (SSSR count). The summed E-state index contributed by atoms with van der Waals surface area (Å²) in [6, 6.07) is 6.26. The number of hydrogen-bond donors (Lipinski definition) is 6. The summed E-state index contributed by atoms with van der Waals surface area (Å²) in [5.74, 6) is -3.70. The van der Waals surface area contributed by atoms with Crippen molar-refractivity contribution in [3.63, 3.8) is 0 Å². The van der Waals surface area contributed by atoms with Gasteiger partial charge < -0.3 is 34.5 Å². The maximum absolute atomic E-state index is 14.9. The fourth-order valence-electron chi connectivity index (χ4n) is 3.45. The minimum absolute atomic E-state index is 0.152. The molecule has 23 heteroatoms. The molecule has 2 unspecified atom stereocenters. The maximum Gasteiger partial charge on any atom is 0.490 e. The highest BCUT2D eigenvalue weighted by Crippen LogP contribution is 2.66. The Morgan fingerprint density at radius 2 is 1.57 bits per heavy atom. The molecule has 2 heterocycles. The Labute approximate surface area is 229 Å². The predicted octanol–water partition coefficient (Wildman–Crippen LogP) is 0.527. The van der Waals surface area contributed by atoms with E-state index in [0.29, 0.717) is 4.57 Å². The molecule has 224 valence electrons. The lowest BCUT2D eigenvalue weighted by Gasteiger charge is -2.22. The molecule has 1 aromatic heterocycles. The maximum atomic E-state index is 14.9. The Kier molecular flexibility index (Phi) is 9.93. The molecule has 1 fully saturated rings. The molecule has 2 aromatic rings. The Morgan fingerprint density at radius 1 is 0.975 bits per heavy atom. The summed E-state index contributed by atoms with van der Waals surface area (Å²) in [7, 11) is -17.1. The number of aliphatic hydroxyl groups excluding tert-OH is 2. The molecule has 0 amide bonds. The number of nitrogens with zero attached hydrogens (tertiary/aromatic N) is 2. The second-order valence-corrected chi connectivity index (χ2v) is 13.3. The van der Waals surface area contributed by atoms with Gasteiger partial charge in [-0.2, -0.15) is 17.4 Å². The molecule has 0 spiro atoms. The van der Waals surface area contributed by atoms with Gasteiger partial charge in [-0.15, -0.1) is 0 Å². The first-order chi connectivity index (χ1) is 18.2. The summed E-state index contributed by atoms with van der Waals surface area (Å²) in [5, 5.41) is 20.7. The van der Waals surface area contributed by atoms with Crippen molar-refractivity contribution in [2.24, 2.45) is 0 Å². The van der Waals surface area contributed by atoms with Crippen molar-refractivity contribution < 1.29 is 70.1 Å². The van der Waals surface area contributed by atoms with Gasteiger partial charge in [0.2, 0.25) is 0 Å². The van der Waals surface area contributed by atoms with Crippen LogP contribution in [-0.2, 0) is 44.0 Å². The number of aliphatic hydroxyl groups is 2. The van der Waals surface area contributed by atoms with Crippen LogP contribution in [0.3, 0.4) is 0 Å². The summed E-state index contributed by atoms with van der Waals surface area (Å²) in [5.41, 5.74) is -3.06. The lowest BCUT2D eigenvalue weighted by molar-refractivity contribution is -0.0570. The van der Waals surface area contributed by atoms with Gasteiger partial charge in [0.15, 0.2) is 6.23 Å². The lowest BCUT2D eigenvalue weighted by atomic mass is 10.1. The van der Waals surface area contributed by atoms with Gasteiger partial charge >= 0.3 is 29.2 Å². The van der Waals surface area contributed by atoms with Crippen LogP contribution in [0.15, 0.2) is 50.6 Å². The highest BCUT2D eigenvalue weighted by molar-refractivity contribution is 9.10. The van der Waals surface area contributed by atoms with Crippen LogP contribution < -0.4 is 11.2 Å². The molecule has 1 aliphatic heterocycles. The zero-order valence-corrected chi connectivity index (χ0v) is 23.7. The minimum atomic E-state index is -5.84. The average Bonchev–Trinajstić information content (AvgIpc) is 3.09. The van der Waals surface area contributed by atoms with Crippen molar-refractivity contribution in [2.45, 2.75) is 37.0 Å². The number of halogens is 3. The van der Waals surface area contributed by atoms with E-state index in [9.17, 15) is 52.1 Å². The largest absolute Gasteiger partial charge is 0.490 e. The van der Waals surface area contributed by atoms with E-state index in [1.165, 1.54) is 18.2 Å². The van der Waals surface area contributed by atoms with Gasteiger partial charge in [-0.1, -0.05) is 30.3 Å². The van der Waals surface area contributed by atoms with E-state index in [1.54, 1.807) is 0 Å². The van der Waals surface area contributed by atoms with Crippen molar-refractivity contribution in [3.8, 4) is 0 Å². The first-order valence-corrected chi connectivity index (χ1v) is 15.8. The zero-order chi connectivity index (χ0) is 30.3. The Balaban J connectivity index is 1.82. The molecule has 0 bridgehead atoms. The molecular weight excluding hydrogens is 683 g/mol. The second kappa shape index (κ2) is 12.0. The first-order valence-electron chi connectivity index (χ1n) is 10.5. The quantitative estimate of drug-likeness (QED) is 0.175. The topological polar surface area (TPSA) is 254 Å². The summed E-state index contributed by atoms with van der Waals surface area (Å²) < 4.78 is 80.7. The van der Waals surface area contributed by atoms with Gasteiger partial charge in [0.25, 0.3) is 11.5 Å². The number of hydrogen-bond acceptors (Lipinski definition) is 11. The molecule has 6 atom stereocenters. The smallest absolute Gasteiger partial charge is 0.387 e. The molecule has 0 aliphatic carbocycles. The summed E-state index contributed by atoms with van der Waals surface area (Å²) in [6.45, 7) is -2.62. The molecule has 40 heavy (non-hydrogen) atoms. The van der Waals surface area contributed by atoms with Crippen LogP contribution in [0.25, 0.3) is 0 Å². The number of ether oxygens (including phenoxy) is 1. The number of phosphoric acid groups is 3. The normalized spacial score (nSPS) is 24.9. The standard InChI is InChI=1S/C17H20BrF2N2O15P3/c18-10-6-21(16(26)22(14(10)25)8-17(19,20)9-4-2-1-3-5-9)15-13(24)12(23)11(35-15)7-34-39(30,31)37-40(32,33)36-38(27,28)29/h1-6,11-13,15,23-24H,7-8H2,(H,30,31)(H,32,33)(H2,27,28,29)/t11-,12+,13+,15-/m1/s1. The number of alkyl halides is 2. The summed E-state index contributed by atoms with van der Waals surface area (Å²) >= 11 is 2.83. The van der Waals surface area contributed by atoms with Crippen molar-refractivity contribution in [1.82, 2.24) is 9.13 Å². The van der Waals surface area contributed by atoms with Gasteiger partial charge in [-0.25, -0.2) is 18.5 Å². The fourth-order valence-corrected chi connectivity index (χ4v) is 6.91. The average molecular weight is 703 g/mol. The molecule has 6 N–H and O–H groups in total. The predicted molar refractivity (Wildman–Crippen MR) is 129 cm³/mol. The van der Waals surface area contributed by atoms with Crippen LogP contribution in [-0.4, -0.2) is 63.8 Å². The number of aromatic nitrogens is 2. The third-order valence-corrected chi connectivity index (χ3v) is 9.48. The molecule has 0 saturated carbocycles. The monoisotopic (exact) mass is 702 g/mol. The third kappa shape index (κ3) is 8.08. The van der Waals surface area contributed by atoms with E-state index < -0.39 is 88.4 Å². The van der Waals surface area contributed by atoms with E-state index in [2.05, 4.69) is 29.1 Å². The van der Waals surface area contributed by atoms with E-state index in [0.717, 1.165) is 18.3 Å². The van der Waals surface area contributed by atoms with Gasteiger partial charge in [0, 0.05) is 11.8 Å². The lowest BCUT2D eigenvalue weighted by Crippen LogP contribution is -2.46. The van der Waals surface area contributed by atoms with Crippen LogP contribution in [0.5, 0.6) is 0 Å². The van der Waals surface area contributed by atoms with Crippen molar-refractivity contribution in [2.75, 3.05) is 6.61 Å². The van der Waals surface area contributed by atoms with Crippen LogP contribution >= 0.6 is 39.4 Å². The first kappa shape index (κ1) is 33.0. The highest BCUT2D eigenvalue weighted by Gasteiger charge is 2.47. The minimum Gasteiger partial charge on any atom is -0.387 e. The summed E-state index contributed by atoms with van der Waals surface area (Å²) in [6.07, 6.45) is -6.87. The van der Waals surface area contributed by atoms with Crippen molar-refractivity contribution in [3.05, 3.63) is 67.4 Å².